The van der Waals surface area contributed by atoms with Crippen molar-refractivity contribution in [3.05, 3.63) is 59.7 Å². The Bertz CT molecular complexity index is 807. The summed E-state index contributed by atoms with van der Waals surface area (Å²) in [6.45, 7) is 2.01. The van der Waals surface area contributed by atoms with E-state index in [1.807, 2.05) is 6.92 Å². The van der Waals surface area contributed by atoms with Gasteiger partial charge in [0.1, 0.15) is 11.6 Å². The SMILES string of the molecule is C[C@@H]1C[C@H]1C(=O)Nc1cccc(C(=O)Nc2ccc(F)cc2F)c1. The number of carbonyl (C=O) groups is 2. The van der Waals surface area contributed by atoms with E-state index in [-0.39, 0.29) is 23.1 Å². The molecule has 24 heavy (non-hydrogen) atoms. The number of anilines is 2. The molecule has 1 aliphatic rings. The van der Waals surface area contributed by atoms with Gasteiger partial charge in [-0.2, -0.15) is 0 Å². The van der Waals surface area contributed by atoms with Gasteiger partial charge in [-0.05, 0) is 42.7 Å². The van der Waals surface area contributed by atoms with Crippen molar-refractivity contribution < 1.29 is 18.4 Å². The molecule has 2 aromatic carbocycles. The fourth-order valence-corrected chi connectivity index (χ4v) is 2.45. The molecule has 1 fully saturated rings. The van der Waals surface area contributed by atoms with Crippen molar-refractivity contribution in [2.75, 3.05) is 10.6 Å². The van der Waals surface area contributed by atoms with Gasteiger partial charge in [0.25, 0.3) is 5.91 Å². The Morgan fingerprint density at radius 1 is 1.08 bits per heavy atom. The molecule has 1 saturated carbocycles. The van der Waals surface area contributed by atoms with Gasteiger partial charge in [0.15, 0.2) is 0 Å². The highest BCUT2D eigenvalue weighted by molar-refractivity contribution is 6.05. The molecule has 2 aromatic rings. The van der Waals surface area contributed by atoms with Gasteiger partial charge in [-0.15, -0.1) is 0 Å². The lowest BCUT2D eigenvalue weighted by atomic mass is 10.1. The first kappa shape index (κ1) is 16.1. The molecule has 3 rings (SSSR count). The van der Waals surface area contributed by atoms with Crippen molar-refractivity contribution in [2.45, 2.75) is 13.3 Å². The summed E-state index contributed by atoms with van der Waals surface area (Å²) in [5.74, 6) is -1.77. The molecule has 4 nitrogen and oxygen atoms in total. The lowest BCUT2D eigenvalue weighted by Crippen LogP contribution is -2.16. The van der Waals surface area contributed by atoms with E-state index in [9.17, 15) is 18.4 Å². The molecule has 0 radical (unpaired) electrons. The van der Waals surface area contributed by atoms with Crippen LogP contribution in [0.3, 0.4) is 0 Å². The van der Waals surface area contributed by atoms with Crippen LogP contribution in [0, 0.1) is 23.5 Å². The molecule has 124 valence electrons. The largest absolute Gasteiger partial charge is 0.326 e. The quantitative estimate of drug-likeness (QED) is 0.895. The predicted molar refractivity (Wildman–Crippen MR) is 86.7 cm³/mol. The lowest BCUT2D eigenvalue weighted by molar-refractivity contribution is -0.117. The molecule has 0 spiro atoms. The topological polar surface area (TPSA) is 58.2 Å². The van der Waals surface area contributed by atoms with Crippen LogP contribution < -0.4 is 10.6 Å². The average molecular weight is 330 g/mol. The van der Waals surface area contributed by atoms with Gasteiger partial charge in [-0.25, -0.2) is 8.78 Å². The minimum atomic E-state index is -0.851. The fourth-order valence-electron chi connectivity index (χ4n) is 2.45. The van der Waals surface area contributed by atoms with Crippen molar-refractivity contribution >= 4 is 23.2 Å². The number of hydrogen-bond acceptors (Lipinski definition) is 2. The van der Waals surface area contributed by atoms with Gasteiger partial charge in [-0.3, -0.25) is 9.59 Å². The number of halogens is 2. The first-order valence-corrected chi connectivity index (χ1v) is 7.61. The zero-order chi connectivity index (χ0) is 17.3. The molecule has 0 heterocycles. The molecule has 2 amide bonds. The maximum Gasteiger partial charge on any atom is 0.255 e. The molecule has 0 saturated heterocycles. The minimum absolute atomic E-state index is 0.0239. The summed E-state index contributed by atoms with van der Waals surface area (Å²) < 4.78 is 26.5. The maximum atomic E-state index is 13.6. The van der Waals surface area contributed by atoms with Gasteiger partial charge in [0.05, 0.1) is 5.69 Å². The standard InChI is InChI=1S/C18H16F2N2O2/c1-10-7-14(10)18(24)21-13-4-2-3-11(8-13)17(23)22-16-6-5-12(19)9-15(16)20/h2-6,8-10,14H,7H2,1H3,(H,21,24)(H,22,23)/t10-,14-/m1/s1. The Balaban J connectivity index is 1.70. The van der Waals surface area contributed by atoms with Crippen LogP contribution in [-0.2, 0) is 4.79 Å². The molecule has 1 aliphatic carbocycles. The summed E-state index contributed by atoms with van der Waals surface area (Å²) in [5, 5.41) is 5.15. The van der Waals surface area contributed by atoms with Crippen molar-refractivity contribution in [1.82, 2.24) is 0 Å². The van der Waals surface area contributed by atoms with E-state index in [2.05, 4.69) is 10.6 Å². The summed E-state index contributed by atoms with van der Waals surface area (Å²) in [4.78, 5) is 24.1. The Morgan fingerprint density at radius 3 is 2.50 bits per heavy atom. The van der Waals surface area contributed by atoms with E-state index in [1.54, 1.807) is 18.2 Å². The third-order valence-corrected chi connectivity index (χ3v) is 4.02. The van der Waals surface area contributed by atoms with Crippen molar-refractivity contribution in [3.8, 4) is 0 Å². The van der Waals surface area contributed by atoms with Crippen molar-refractivity contribution in [1.29, 1.82) is 0 Å². The average Bonchev–Trinajstić information content (AvgIpc) is 3.27. The Morgan fingerprint density at radius 2 is 1.83 bits per heavy atom. The zero-order valence-electron chi connectivity index (χ0n) is 13.0. The van der Waals surface area contributed by atoms with Crippen LogP contribution >= 0.6 is 0 Å². The summed E-state index contributed by atoms with van der Waals surface area (Å²) >= 11 is 0. The van der Waals surface area contributed by atoms with Crippen LogP contribution in [0.2, 0.25) is 0 Å². The molecule has 0 aromatic heterocycles. The van der Waals surface area contributed by atoms with E-state index in [0.29, 0.717) is 17.7 Å². The molecular weight excluding hydrogens is 314 g/mol. The van der Waals surface area contributed by atoms with E-state index in [4.69, 9.17) is 0 Å². The Kier molecular flexibility index (Phi) is 4.29. The van der Waals surface area contributed by atoms with Crippen LogP contribution in [0.5, 0.6) is 0 Å². The second kappa shape index (κ2) is 6.39. The van der Waals surface area contributed by atoms with E-state index in [1.165, 1.54) is 6.07 Å². The van der Waals surface area contributed by atoms with E-state index < -0.39 is 17.5 Å². The number of rotatable bonds is 4. The first-order chi connectivity index (χ1) is 11.4. The summed E-state index contributed by atoms with van der Waals surface area (Å²) in [7, 11) is 0. The molecule has 0 aliphatic heterocycles. The van der Waals surface area contributed by atoms with Crippen LogP contribution in [0.4, 0.5) is 20.2 Å². The van der Waals surface area contributed by atoms with Gasteiger partial charge < -0.3 is 10.6 Å². The normalized spacial score (nSPS) is 18.8. The highest BCUT2D eigenvalue weighted by Gasteiger charge is 2.39. The molecule has 2 atom stereocenters. The fraction of sp³-hybridized carbons (Fsp3) is 0.222. The van der Waals surface area contributed by atoms with Crippen LogP contribution in [0.15, 0.2) is 42.5 Å². The smallest absolute Gasteiger partial charge is 0.255 e. The highest BCUT2D eigenvalue weighted by Crippen LogP contribution is 2.38. The highest BCUT2D eigenvalue weighted by atomic mass is 19.1. The third-order valence-electron chi connectivity index (χ3n) is 4.02. The molecular formula is C18H16F2N2O2. The van der Waals surface area contributed by atoms with Crippen LogP contribution in [-0.4, -0.2) is 11.8 Å². The summed E-state index contributed by atoms with van der Waals surface area (Å²) in [5.41, 5.74) is 0.661. The lowest BCUT2D eigenvalue weighted by Gasteiger charge is -2.09. The number of nitrogens with one attached hydrogen (secondary N) is 2. The predicted octanol–water partition coefficient (Wildman–Crippen LogP) is 3.81. The number of benzene rings is 2. The van der Waals surface area contributed by atoms with E-state index >= 15 is 0 Å². The number of amides is 2. The van der Waals surface area contributed by atoms with Crippen molar-refractivity contribution in [3.63, 3.8) is 0 Å². The van der Waals surface area contributed by atoms with Gasteiger partial charge in [0, 0.05) is 23.2 Å². The van der Waals surface area contributed by atoms with Crippen molar-refractivity contribution in [2.24, 2.45) is 11.8 Å². The second-order valence-electron chi connectivity index (χ2n) is 5.97. The monoisotopic (exact) mass is 330 g/mol. The number of carbonyl (C=O) groups excluding carboxylic acids is 2. The zero-order valence-corrected chi connectivity index (χ0v) is 13.0. The first-order valence-electron chi connectivity index (χ1n) is 7.61. The molecule has 0 bridgehead atoms. The summed E-state index contributed by atoms with van der Waals surface area (Å²) in [6.07, 6.45) is 0.871. The van der Waals surface area contributed by atoms with Gasteiger partial charge in [0.2, 0.25) is 5.91 Å². The molecule has 6 heteroatoms. The Hall–Kier alpha value is -2.76. The second-order valence-corrected chi connectivity index (χ2v) is 5.97. The molecule has 0 unspecified atom stereocenters. The van der Waals surface area contributed by atoms with Crippen LogP contribution in [0.25, 0.3) is 0 Å². The molecule has 2 N–H and O–H groups in total. The maximum absolute atomic E-state index is 13.6. The van der Waals surface area contributed by atoms with Gasteiger partial charge in [-0.1, -0.05) is 13.0 Å². The Labute approximate surface area is 137 Å². The van der Waals surface area contributed by atoms with E-state index in [0.717, 1.165) is 18.6 Å². The third kappa shape index (κ3) is 3.59. The number of hydrogen-bond donors (Lipinski definition) is 2. The van der Waals surface area contributed by atoms with Gasteiger partial charge >= 0.3 is 0 Å². The minimum Gasteiger partial charge on any atom is -0.326 e. The van der Waals surface area contributed by atoms with Crippen LogP contribution in [0.1, 0.15) is 23.7 Å². The summed E-state index contributed by atoms with van der Waals surface area (Å²) in [6, 6.07) is 9.29.